The number of aromatic nitrogens is 1. The second-order valence-corrected chi connectivity index (χ2v) is 8.41. The molecule has 154 valence electrons. The van der Waals surface area contributed by atoms with Gasteiger partial charge in [-0.25, -0.2) is 4.98 Å². The second-order valence-electron chi connectivity index (χ2n) is 8.41. The molecule has 2 aliphatic heterocycles. The smallest absolute Gasteiger partial charge is 0.215 e. The van der Waals surface area contributed by atoms with E-state index >= 15 is 0 Å². The summed E-state index contributed by atoms with van der Waals surface area (Å²) in [5, 5.41) is 3.51. The van der Waals surface area contributed by atoms with Gasteiger partial charge in [-0.05, 0) is 57.1 Å². The highest BCUT2D eigenvalue weighted by Gasteiger charge is 2.40. The maximum atomic E-state index is 12.7. The van der Waals surface area contributed by atoms with Gasteiger partial charge in [-0.15, -0.1) is 0 Å². The van der Waals surface area contributed by atoms with Crippen molar-refractivity contribution in [3.63, 3.8) is 0 Å². The van der Waals surface area contributed by atoms with Crippen molar-refractivity contribution in [1.82, 2.24) is 10.3 Å². The molecule has 0 bridgehead atoms. The fourth-order valence-corrected chi connectivity index (χ4v) is 4.55. The van der Waals surface area contributed by atoms with Crippen molar-refractivity contribution < 1.29 is 9.13 Å². The van der Waals surface area contributed by atoms with Gasteiger partial charge in [0.25, 0.3) is 0 Å². The van der Waals surface area contributed by atoms with Crippen molar-refractivity contribution in [3.05, 3.63) is 53.3 Å². The third-order valence-electron chi connectivity index (χ3n) is 6.17. The normalized spacial score (nSPS) is 23.0. The fraction of sp³-hybridized carbons (Fsp3) is 0.625. The molecule has 1 saturated carbocycles. The average Bonchev–Trinajstić information content (AvgIpc) is 3.17. The third kappa shape index (κ3) is 5.66. The van der Waals surface area contributed by atoms with Gasteiger partial charge in [0, 0.05) is 36.5 Å². The summed E-state index contributed by atoms with van der Waals surface area (Å²) in [7, 11) is 0. The molecule has 28 heavy (non-hydrogen) atoms. The van der Waals surface area contributed by atoms with Crippen molar-refractivity contribution in [2.75, 3.05) is 13.2 Å². The largest absolute Gasteiger partial charge is 0.385 e. The minimum absolute atomic E-state index is 0.243. The number of ether oxygens (including phenoxy) is 1. The monoisotopic (exact) mass is 386 g/mol. The molecule has 0 radical (unpaired) electrons. The first-order chi connectivity index (χ1) is 13.6. The van der Waals surface area contributed by atoms with Gasteiger partial charge in [-0.2, -0.15) is 4.39 Å². The zero-order valence-corrected chi connectivity index (χ0v) is 17.5. The molecule has 4 rings (SSSR count). The first-order valence-corrected chi connectivity index (χ1v) is 11.0. The van der Waals surface area contributed by atoms with Gasteiger partial charge in [0.15, 0.2) is 0 Å². The standard InChI is InChI=1S/C14H21NO.C10H14FN/c1-4-9-15-13(5-1)12-6-10-16-14(11-12)7-2-3-8-14;1-3-4-5-9-6-8(2)10(11)12-7-9/h1,4-5,12,15H,2-3,6-11H2;6-7H,3-5H2,1-2H3/t12-;/m1./s1. The fourth-order valence-electron chi connectivity index (χ4n) is 4.55. The lowest BCUT2D eigenvalue weighted by atomic mass is 9.82. The number of nitrogens with one attached hydrogen (secondary N) is 1. The number of rotatable bonds is 4. The van der Waals surface area contributed by atoms with E-state index in [9.17, 15) is 4.39 Å². The van der Waals surface area contributed by atoms with Gasteiger partial charge in [-0.1, -0.05) is 44.4 Å². The Morgan fingerprint density at radius 3 is 2.82 bits per heavy atom. The first-order valence-electron chi connectivity index (χ1n) is 11.0. The number of nitrogens with zero attached hydrogens (tertiary/aromatic N) is 1. The Kier molecular flexibility index (Phi) is 7.66. The van der Waals surface area contributed by atoms with Crippen molar-refractivity contribution in [3.8, 4) is 0 Å². The summed E-state index contributed by atoms with van der Waals surface area (Å²) in [5.74, 6) is 0.354. The Bertz CT molecular complexity index is 692. The van der Waals surface area contributed by atoms with E-state index in [1.54, 1.807) is 13.1 Å². The Morgan fingerprint density at radius 2 is 2.14 bits per heavy atom. The van der Waals surface area contributed by atoms with E-state index < -0.39 is 0 Å². The highest BCUT2D eigenvalue weighted by atomic mass is 19.1. The molecule has 2 fully saturated rings. The van der Waals surface area contributed by atoms with E-state index in [0.717, 1.165) is 38.0 Å². The van der Waals surface area contributed by atoms with Crippen LogP contribution in [0.15, 0.2) is 36.2 Å². The predicted octanol–water partition coefficient (Wildman–Crippen LogP) is 5.64. The summed E-state index contributed by atoms with van der Waals surface area (Å²) in [6.45, 7) is 5.84. The van der Waals surface area contributed by atoms with Crippen molar-refractivity contribution in [1.29, 1.82) is 0 Å². The van der Waals surface area contributed by atoms with E-state index in [0.29, 0.717) is 11.5 Å². The quantitative estimate of drug-likeness (QED) is 0.680. The highest BCUT2D eigenvalue weighted by Crippen LogP contribution is 2.43. The van der Waals surface area contributed by atoms with Crippen LogP contribution in [-0.2, 0) is 11.2 Å². The summed E-state index contributed by atoms with van der Waals surface area (Å²) >= 11 is 0. The molecular weight excluding hydrogens is 351 g/mol. The van der Waals surface area contributed by atoms with Crippen LogP contribution in [0.4, 0.5) is 4.39 Å². The molecule has 1 atom stereocenters. The van der Waals surface area contributed by atoms with Crippen LogP contribution in [0.1, 0.15) is 69.4 Å². The second kappa shape index (κ2) is 10.2. The van der Waals surface area contributed by atoms with Crippen LogP contribution in [0.3, 0.4) is 0 Å². The molecule has 1 aromatic heterocycles. The van der Waals surface area contributed by atoms with E-state index in [-0.39, 0.29) is 11.5 Å². The van der Waals surface area contributed by atoms with Gasteiger partial charge in [0.2, 0.25) is 5.95 Å². The molecule has 1 aromatic rings. The van der Waals surface area contributed by atoms with Gasteiger partial charge in [0.1, 0.15) is 0 Å². The van der Waals surface area contributed by atoms with Crippen molar-refractivity contribution in [2.24, 2.45) is 5.92 Å². The average molecular weight is 387 g/mol. The third-order valence-corrected chi connectivity index (χ3v) is 6.17. The lowest BCUT2D eigenvalue weighted by molar-refractivity contribution is -0.0877. The highest BCUT2D eigenvalue weighted by molar-refractivity contribution is 5.20. The lowest BCUT2D eigenvalue weighted by Gasteiger charge is -2.39. The number of pyridine rings is 1. The van der Waals surface area contributed by atoms with Crippen molar-refractivity contribution in [2.45, 2.75) is 77.2 Å². The van der Waals surface area contributed by atoms with E-state index in [2.05, 4.69) is 35.5 Å². The van der Waals surface area contributed by atoms with Crippen LogP contribution in [0.25, 0.3) is 0 Å². The lowest BCUT2D eigenvalue weighted by Crippen LogP contribution is -2.39. The Hall–Kier alpha value is -1.68. The van der Waals surface area contributed by atoms with Gasteiger partial charge in [-0.3, -0.25) is 0 Å². The number of hydrogen-bond acceptors (Lipinski definition) is 3. The van der Waals surface area contributed by atoms with Gasteiger partial charge < -0.3 is 10.1 Å². The number of halogens is 1. The molecule has 0 amide bonds. The molecule has 1 saturated heterocycles. The van der Waals surface area contributed by atoms with Crippen LogP contribution < -0.4 is 5.32 Å². The van der Waals surface area contributed by atoms with E-state index in [4.69, 9.17) is 4.74 Å². The topological polar surface area (TPSA) is 34.1 Å². The summed E-state index contributed by atoms with van der Waals surface area (Å²) in [4.78, 5) is 3.66. The van der Waals surface area contributed by atoms with Crippen LogP contribution in [0.5, 0.6) is 0 Å². The number of unbranched alkanes of at least 4 members (excludes halogenated alkanes) is 1. The Balaban J connectivity index is 0.000000169. The Labute approximate surface area is 169 Å². The summed E-state index contributed by atoms with van der Waals surface area (Å²) < 4.78 is 18.8. The number of aryl methyl sites for hydroxylation is 2. The summed E-state index contributed by atoms with van der Waals surface area (Å²) in [6, 6.07) is 1.87. The molecule has 3 nitrogen and oxygen atoms in total. The van der Waals surface area contributed by atoms with Crippen LogP contribution >= 0.6 is 0 Å². The van der Waals surface area contributed by atoms with Crippen LogP contribution in [0, 0.1) is 18.8 Å². The first kappa shape index (κ1) is 21.0. The minimum atomic E-state index is -0.352. The molecule has 3 heterocycles. The molecule has 0 unspecified atom stereocenters. The molecule has 3 aliphatic rings. The Morgan fingerprint density at radius 1 is 1.32 bits per heavy atom. The summed E-state index contributed by atoms with van der Waals surface area (Å²) in [6.07, 6.45) is 19.3. The maximum absolute atomic E-state index is 12.7. The SMILES string of the molecule is C1=CCNC([C@@H]2CCOC3(CCCC3)C2)=C1.CCCCc1cnc(F)c(C)c1. The van der Waals surface area contributed by atoms with Crippen LogP contribution in [-0.4, -0.2) is 23.7 Å². The van der Waals surface area contributed by atoms with E-state index in [1.807, 2.05) is 6.07 Å². The zero-order valence-electron chi connectivity index (χ0n) is 17.5. The minimum Gasteiger partial charge on any atom is -0.385 e. The van der Waals surface area contributed by atoms with E-state index in [1.165, 1.54) is 44.2 Å². The van der Waals surface area contributed by atoms with Crippen molar-refractivity contribution >= 4 is 0 Å². The molecule has 1 aliphatic carbocycles. The van der Waals surface area contributed by atoms with Gasteiger partial charge in [0.05, 0.1) is 5.60 Å². The predicted molar refractivity (Wildman–Crippen MR) is 113 cm³/mol. The summed E-state index contributed by atoms with van der Waals surface area (Å²) in [5.41, 5.74) is 3.46. The molecule has 1 N–H and O–H groups in total. The molecule has 0 aromatic carbocycles. The van der Waals surface area contributed by atoms with Crippen LogP contribution in [0.2, 0.25) is 0 Å². The molecule has 1 spiro atoms. The number of allylic oxidation sites excluding steroid dienone is 3. The number of dihydropyridines is 1. The molecule has 4 heteroatoms. The number of hydrogen-bond donors (Lipinski definition) is 1. The van der Waals surface area contributed by atoms with Gasteiger partial charge >= 0.3 is 0 Å². The zero-order chi connectivity index (χ0) is 19.8. The molecular formula is C24H35FN2O. The maximum Gasteiger partial charge on any atom is 0.215 e.